The molecule has 0 saturated heterocycles. The first-order chi connectivity index (χ1) is 13.1. The highest BCUT2D eigenvalue weighted by molar-refractivity contribution is 5.78. The number of nitrogens with one attached hydrogen (secondary N) is 3. The number of fused-ring (bicyclic) bond motifs is 1. The van der Waals surface area contributed by atoms with Gasteiger partial charge >= 0.3 is 5.76 Å². The molecule has 0 aliphatic carbocycles. The van der Waals surface area contributed by atoms with Crippen molar-refractivity contribution in [3.05, 3.63) is 70.6 Å². The molecule has 9 heteroatoms. The number of aromatic amines is 1. The Hall–Kier alpha value is -4.19. The number of benzene rings is 2. The summed E-state index contributed by atoms with van der Waals surface area (Å²) in [5.41, 5.74) is 2.46. The van der Waals surface area contributed by atoms with Crippen LogP contribution in [-0.2, 0) is 0 Å². The van der Waals surface area contributed by atoms with E-state index < -0.39 is 11.6 Å². The molecule has 0 aliphatic rings. The average Bonchev–Trinajstić information content (AvgIpc) is 3.04. The van der Waals surface area contributed by atoms with Gasteiger partial charge in [-0.3, -0.25) is 4.98 Å². The van der Waals surface area contributed by atoms with Gasteiger partial charge in [-0.25, -0.2) is 14.2 Å². The normalized spacial score (nSPS) is 10.5. The van der Waals surface area contributed by atoms with E-state index in [1.807, 2.05) is 6.07 Å². The smallest absolute Gasteiger partial charge is 0.408 e. The van der Waals surface area contributed by atoms with Crippen LogP contribution in [0.2, 0.25) is 0 Å². The molecular formula is C18H11FN6O2. The highest BCUT2D eigenvalue weighted by atomic mass is 19.1. The molecule has 2 aromatic carbocycles. The third kappa shape index (κ3) is 3.45. The van der Waals surface area contributed by atoms with Crippen molar-refractivity contribution in [2.24, 2.45) is 0 Å². The Morgan fingerprint density at radius 2 is 2.00 bits per heavy atom. The Morgan fingerprint density at radius 1 is 1.15 bits per heavy atom. The maximum absolute atomic E-state index is 14.1. The van der Waals surface area contributed by atoms with Crippen LogP contribution in [0.1, 0.15) is 5.56 Å². The van der Waals surface area contributed by atoms with Crippen molar-refractivity contribution in [2.75, 3.05) is 10.6 Å². The van der Waals surface area contributed by atoms with Crippen molar-refractivity contribution < 1.29 is 8.81 Å². The molecule has 3 N–H and O–H groups in total. The van der Waals surface area contributed by atoms with Gasteiger partial charge in [0.25, 0.3) is 0 Å². The lowest BCUT2D eigenvalue weighted by molar-refractivity contribution is 0.555. The molecule has 4 aromatic rings. The lowest BCUT2D eigenvalue weighted by atomic mass is 10.2. The van der Waals surface area contributed by atoms with Crippen molar-refractivity contribution in [3.8, 4) is 6.07 Å². The Kier molecular flexibility index (Phi) is 3.99. The third-order valence-electron chi connectivity index (χ3n) is 3.67. The molecule has 0 radical (unpaired) electrons. The fourth-order valence-electron chi connectivity index (χ4n) is 2.48. The molecule has 0 aliphatic heterocycles. The summed E-state index contributed by atoms with van der Waals surface area (Å²) in [5, 5.41) is 14.7. The van der Waals surface area contributed by atoms with Gasteiger partial charge in [0.1, 0.15) is 0 Å². The molecule has 0 spiro atoms. The van der Waals surface area contributed by atoms with E-state index in [0.29, 0.717) is 28.0 Å². The minimum atomic E-state index is -0.646. The van der Waals surface area contributed by atoms with Gasteiger partial charge in [0.05, 0.1) is 23.3 Å². The van der Waals surface area contributed by atoms with Crippen LogP contribution in [0.25, 0.3) is 11.1 Å². The maximum Gasteiger partial charge on any atom is 0.417 e. The van der Waals surface area contributed by atoms with Crippen molar-refractivity contribution in [2.45, 2.75) is 0 Å². The maximum atomic E-state index is 14.1. The molecule has 4 rings (SSSR count). The standard InChI is InChI=1S/C18H11FN6O2/c19-13-9-21-17(23-11-3-1-2-10(6-11)8-20)25-16(13)22-12-4-5-15-14(7-12)24-18(26)27-15/h1-7,9H,(H,24,26)(H2,21,22,23,25). The van der Waals surface area contributed by atoms with Crippen molar-refractivity contribution >= 4 is 34.2 Å². The Labute approximate surface area is 151 Å². The molecule has 0 unspecified atom stereocenters. The van der Waals surface area contributed by atoms with Gasteiger partial charge in [-0.15, -0.1) is 0 Å². The second-order valence-corrected chi connectivity index (χ2v) is 5.56. The van der Waals surface area contributed by atoms with Crippen LogP contribution in [0.5, 0.6) is 0 Å². The minimum absolute atomic E-state index is 0.0471. The minimum Gasteiger partial charge on any atom is -0.408 e. The first-order valence-electron chi connectivity index (χ1n) is 7.80. The van der Waals surface area contributed by atoms with E-state index in [2.05, 4.69) is 25.6 Å². The summed E-state index contributed by atoms with van der Waals surface area (Å²) in [7, 11) is 0. The number of rotatable bonds is 4. The highest BCUT2D eigenvalue weighted by Gasteiger charge is 2.09. The molecule has 8 nitrogen and oxygen atoms in total. The second-order valence-electron chi connectivity index (χ2n) is 5.56. The van der Waals surface area contributed by atoms with E-state index in [1.165, 1.54) is 0 Å². The van der Waals surface area contributed by atoms with E-state index in [9.17, 15) is 9.18 Å². The third-order valence-corrected chi connectivity index (χ3v) is 3.67. The SMILES string of the molecule is N#Cc1cccc(Nc2ncc(F)c(Nc3ccc4oc(=O)[nH]c4c3)n2)c1. The number of oxazole rings is 1. The molecule has 27 heavy (non-hydrogen) atoms. The van der Waals surface area contributed by atoms with Gasteiger partial charge < -0.3 is 15.1 Å². The van der Waals surface area contributed by atoms with E-state index >= 15 is 0 Å². The van der Waals surface area contributed by atoms with Crippen LogP contribution >= 0.6 is 0 Å². The molecule has 132 valence electrons. The van der Waals surface area contributed by atoms with Gasteiger partial charge in [0, 0.05) is 11.4 Å². The number of halogens is 1. The molecule has 0 saturated carbocycles. The van der Waals surface area contributed by atoms with Gasteiger partial charge in [-0.05, 0) is 36.4 Å². The van der Waals surface area contributed by atoms with Crippen molar-refractivity contribution in [1.82, 2.24) is 15.0 Å². The first kappa shape index (κ1) is 16.3. The summed E-state index contributed by atoms with van der Waals surface area (Å²) in [5.74, 6) is -1.10. The lowest BCUT2D eigenvalue weighted by Gasteiger charge is -2.09. The summed E-state index contributed by atoms with van der Waals surface area (Å²) in [6.45, 7) is 0. The van der Waals surface area contributed by atoms with Crippen LogP contribution in [-0.4, -0.2) is 15.0 Å². The van der Waals surface area contributed by atoms with Gasteiger partial charge in [0.15, 0.2) is 17.2 Å². The monoisotopic (exact) mass is 362 g/mol. The van der Waals surface area contributed by atoms with Crippen LogP contribution in [0.3, 0.4) is 0 Å². The molecule has 2 aromatic heterocycles. The summed E-state index contributed by atoms with van der Waals surface area (Å²) < 4.78 is 19.0. The lowest BCUT2D eigenvalue weighted by Crippen LogP contribution is -2.03. The van der Waals surface area contributed by atoms with Crippen molar-refractivity contribution in [1.29, 1.82) is 5.26 Å². The number of nitriles is 1. The number of hydrogen-bond acceptors (Lipinski definition) is 7. The number of anilines is 4. The van der Waals surface area contributed by atoms with Crippen LogP contribution in [0, 0.1) is 17.1 Å². The molecule has 0 atom stereocenters. The predicted molar refractivity (Wildman–Crippen MR) is 96.5 cm³/mol. The van der Waals surface area contributed by atoms with E-state index in [-0.39, 0.29) is 11.8 Å². The molecule has 0 bridgehead atoms. The van der Waals surface area contributed by atoms with Gasteiger partial charge in [-0.1, -0.05) is 6.07 Å². The summed E-state index contributed by atoms with van der Waals surface area (Å²) >= 11 is 0. The number of hydrogen-bond donors (Lipinski definition) is 3. The fourth-order valence-corrected chi connectivity index (χ4v) is 2.48. The van der Waals surface area contributed by atoms with E-state index in [4.69, 9.17) is 9.68 Å². The van der Waals surface area contributed by atoms with Crippen LogP contribution < -0.4 is 16.4 Å². The van der Waals surface area contributed by atoms with Crippen LogP contribution in [0.4, 0.5) is 27.5 Å². The zero-order chi connectivity index (χ0) is 18.8. The van der Waals surface area contributed by atoms with E-state index in [0.717, 1.165) is 6.20 Å². The summed E-state index contributed by atoms with van der Waals surface area (Å²) in [6.07, 6.45) is 1.03. The summed E-state index contributed by atoms with van der Waals surface area (Å²) in [4.78, 5) is 21.8. The molecule has 2 heterocycles. The molecule has 0 amide bonds. The quantitative estimate of drug-likeness (QED) is 0.509. The largest absolute Gasteiger partial charge is 0.417 e. The first-order valence-corrected chi connectivity index (χ1v) is 7.80. The Balaban J connectivity index is 1.61. The Morgan fingerprint density at radius 3 is 2.85 bits per heavy atom. The van der Waals surface area contributed by atoms with Gasteiger partial charge in [0.2, 0.25) is 5.95 Å². The van der Waals surface area contributed by atoms with E-state index in [1.54, 1.807) is 42.5 Å². The highest BCUT2D eigenvalue weighted by Crippen LogP contribution is 2.23. The second kappa shape index (κ2) is 6.61. The fraction of sp³-hybridized carbons (Fsp3) is 0. The molecule has 0 fully saturated rings. The predicted octanol–water partition coefficient (Wildman–Crippen LogP) is 3.41. The number of nitrogens with zero attached hydrogens (tertiary/aromatic N) is 3. The van der Waals surface area contributed by atoms with Crippen LogP contribution in [0.15, 0.2) is 57.9 Å². The topological polar surface area (TPSA) is 120 Å². The van der Waals surface area contributed by atoms with Gasteiger partial charge in [-0.2, -0.15) is 10.2 Å². The zero-order valence-electron chi connectivity index (χ0n) is 13.7. The number of H-pyrrole nitrogens is 1. The Bertz CT molecular complexity index is 1240. The zero-order valence-corrected chi connectivity index (χ0v) is 13.7. The number of aromatic nitrogens is 3. The van der Waals surface area contributed by atoms with Crippen molar-refractivity contribution in [3.63, 3.8) is 0 Å². The average molecular weight is 362 g/mol. The molecular weight excluding hydrogens is 351 g/mol. The summed E-state index contributed by atoms with van der Waals surface area (Å²) in [6, 6.07) is 13.6.